The summed E-state index contributed by atoms with van der Waals surface area (Å²) in [6.07, 6.45) is 1.65. The minimum Gasteiger partial charge on any atom is -0.497 e. The van der Waals surface area contributed by atoms with E-state index < -0.39 is 11.7 Å². The van der Waals surface area contributed by atoms with Crippen LogP contribution in [-0.4, -0.2) is 36.3 Å². The number of hydrogen-bond acceptors (Lipinski definition) is 7. The third-order valence-corrected chi connectivity index (χ3v) is 4.57. The minimum absolute atomic E-state index is 0.224. The van der Waals surface area contributed by atoms with Crippen molar-refractivity contribution in [3.8, 4) is 11.5 Å². The fraction of sp³-hybridized carbons (Fsp3) is 0.190. The van der Waals surface area contributed by atoms with Gasteiger partial charge in [0.25, 0.3) is 0 Å². The van der Waals surface area contributed by atoms with Crippen molar-refractivity contribution in [2.75, 3.05) is 20.8 Å². The molecule has 4 rings (SSSR count). The summed E-state index contributed by atoms with van der Waals surface area (Å²) >= 11 is 0. The number of oxazole rings is 1. The maximum absolute atomic E-state index is 12.2. The molecule has 8 nitrogen and oxygen atoms in total. The molecule has 0 spiro atoms. The van der Waals surface area contributed by atoms with E-state index in [9.17, 15) is 9.59 Å². The fourth-order valence-corrected chi connectivity index (χ4v) is 3.12. The van der Waals surface area contributed by atoms with Gasteiger partial charge in [0.2, 0.25) is 0 Å². The third kappa shape index (κ3) is 3.52. The molecule has 0 atom stereocenters. The van der Waals surface area contributed by atoms with Crippen molar-refractivity contribution < 1.29 is 23.4 Å². The van der Waals surface area contributed by atoms with Crippen molar-refractivity contribution in [2.45, 2.75) is 6.54 Å². The molecule has 8 heteroatoms. The number of hydrogen-bond donors (Lipinski definition) is 0. The highest BCUT2D eigenvalue weighted by Crippen LogP contribution is 2.27. The number of fused-ring (bicyclic) bond motifs is 2. The van der Waals surface area contributed by atoms with Gasteiger partial charge in [-0.15, -0.1) is 0 Å². The number of pyridine rings is 1. The van der Waals surface area contributed by atoms with Crippen LogP contribution in [0.15, 0.2) is 57.9 Å². The van der Waals surface area contributed by atoms with E-state index in [0.717, 1.165) is 10.9 Å². The molecule has 29 heavy (non-hydrogen) atoms. The Morgan fingerprint density at radius 1 is 1.14 bits per heavy atom. The van der Waals surface area contributed by atoms with Crippen LogP contribution in [0.2, 0.25) is 0 Å². The first-order valence-corrected chi connectivity index (χ1v) is 8.88. The van der Waals surface area contributed by atoms with E-state index in [0.29, 0.717) is 28.2 Å². The molecule has 0 amide bonds. The molecule has 0 fully saturated rings. The second kappa shape index (κ2) is 7.67. The molecule has 0 saturated heterocycles. The highest BCUT2D eigenvalue weighted by molar-refractivity contribution is 5.93. The Kier molecular flexibility index (Phi) is 4.90. The number of aromatic nitrogens is 2. The van der Waals surface area contributed by atoms with Crippen LogP contribution in [0.3, 0.4) is 0 Å². The molecule has 0 aliphatic heterocycles. The number of rotatable bonds is 6. The third-order valence-electron chi connectivity index (χ3n) is 4.57. The topological polar surface area (TPSA) is 92.8 Å². The zero-order valence-corrected chi connectivity index (χ0v) is 15.9. The molecule has 0 aliphatic rings. The first-order chi connectivity index (χ1) is 14.1. The lowest BCUT2D eigenvalue weighted by atomic mass is 10.2. The summed E-state index contributed by atoms with van der Waals surface area (Å²) in [7, 11) is 2.90. The van der Waals surface area contributed by atoms with Crippen LogP contribution in [0.1, 0.15) is 10.4 Å². The van der Waals surface area contributed by atoms with E-state index in [2.05, 4.69) is 4.98 Å². The molecule has 2 aromatic heterocycles. The average Bonchev–Trinajstić information content (AvgIpc) is 3.07. The normalized spacial score (nSPS) is 11.0. The van der Waals surface area contributed by atoms with Gasteiger partial charge in [0, 0.05) is 17.6 Å². The van der Waals surface area contributed by atoms with Crippen LogP contribution in [0, 0.1) is 0 Å². The molecular formula is C21H18N2O6. The summed E-state index contributed by atoms with van der Waals surface area (Å²) < 4.78 is 22.5. The molecule has 0 bridgehead atoms. The van der Waals surface area contributed by atoms with Gasteiger partial charge in [0.15, 0.2) is 5.58 Å². The van der Waals surface area contributed by atoms with Gasteiger partial charge >= 0.3 is 11.7 Å². The predicted molar refractivity (Wildman–Crippen MR) is 106 cm³/mol. The molecule has 0 aliphatic carbocycles. The van der Waals surface area contributed by atoms with Gasteiger partial charge in [0.1, 0.15) is 18.1 Å². The average molecular weight is 394 g/mol. The quantitative estimate of drug-likeness (QED) is 0.464. The lowest BCUT2D eigenvalue weighted by molar-refractivity contribution is 0.0601. The van der Waals surface area contributed by atoms with Crippen LogP contribution in [0.5, 0.6) is 11.5 Å². The van der Waals surface area contributed by atoms with Crippen molar-refractivity contribution in [3.63, 3.8) is 0 Å². The largest absolute Gasteiger partial charge is 0.497 e. The number of ether oxygens (including phenoxy) is 3. The van der Waals surface area contributed by atoms with E-state index >= 15 is 0 Å². The first kappa shape index (κ1) is 18.5. The van der Waals surface area contributed by atoms with E-state index in [1.165, 1.54) is 11.7 Å². The SMILES string of the molecule is COC(=O)c1ccc2oc(=O)n(CCOc3ccnc4cc(OC)ccc34)c2c1. The fourth-order valence-electron chi connectivity index (χ4n) is 3.12. The standard InChI is InChI=1S/C21H18N2O6/c1-26-14-4-5-15-16(12-14)22-8-7-18(15)28-10-9-23-17-11-13(20(24)27-2)3-6-19(17)29-21(23)25/h3-8,11-12H,9-10H2,1-2H3. The number of carbonyl (C=O) groups is 1. The zero-order chi connectivity index (χ0) is 20.4. The van der Waals surface area contributed by atoms with E-state index in [1.54, 1.807) is 37.6 Å². The van der Waals surface area contributed by atoms with Gasteiger partial charge in [-0.3, -0.25) is 9.55 Å². The Balaban J connectivity index is 1.57. The van der Waals surface area contributed by atoms with Gasteiger partial charge < -0.3 is 18.6 Å². The monoisotopic (exact) mass is 394 g/mol. The molecule has 0 saturated carbocycles. The highest BCUT2D eigenvalue weighted by atomic mass is 16.5. The Bertz CT molecular complexity index is 1260. The van der Waals surface area contributed by atoms with Crippen LogP contribution in [0.25, 0.3) is 22.0 Å². The number of nitrogens with zero attached hydrogens (tertiary/aromatic N) is 2. The summed E-state index contributed by atoms with van der Waals surface area (Å²) in [6.45, 7) is 0.471. The molecule has 4 aromatic rings. The second-order valence-electron chi connectivity index (χ2n) is 6.23. The zero-order valence-electron chi connectivity index (χ0n) is 15.9. The van der Waals surface area contributed by atoms with Crippen molar-refractivity contribution in [1.82, 2.24) is 9.55 Å². The molecule has 2 heterocycles. The molecule has 2 aromatic carbocycles. The van der Waals surface area contributed by atoms with Crippen LogP contribution >= 0.6 is 0 Å². The molecule has 0 radical (unpaired) electrons. The van der Waals surface area contributed by atoms with Gasteiger partial charge in [0.05, 0.1) is 37.4 Å². The van der Waals surface area contributed by atoms with Gasteiger partial charge in [-0.1, -0.05) is 0 Å². The van der Waals surface area contributed by atoms with Gasteiger partial charge in [-0.05, 0) is 36.4 Å². The van der Waals surface area contributed by atoms with Crippen molar-refractivity contribution in [2.24, 2.45) is 0 Å². The minimum atomic E-state index is -0.519. The summed E-state index contributed by atoms with van der Waals surface area (Å²) in [5, 5.41) is 0.839. The highest BCUT2D eigenvalue weighted by Gasteiger charge is 2.14. The van der Waals surface area contributed by atoms with Crippen molar-refractivity contribution >= 4 is 28.0 Å². The Morgan fingerprint density at radius 2 is 2.00 bits per heavy atom. The molecule has 148 valence electrons. The molecule has 0 unspecified atom stereocenters. The Hall–Kier alpha value is -3.81. The van der Waals surface area contributed by atoms with Crippen molar-refractivity contribution in [3.05, 3.63) is 64.8 Å². The van der Waals surface area contributed by atoms with E-state index in [-0.39, 0.29) is 13.2 Å². The first-order valence-electron chi connectivity index (χ1n) is 8.88. The maximum atomic E-state index is 12.2. The number of benzene rings is 2. The van der Waals surface area contributed by atoms with Crippen LogP contribution < -0.4 is 15.2 Å². The Morgan fingerprint density at radius 3 is 2.79 bits per heavy atom. The summed E-state index contributed by atoms with van der Waals surface area (Å²) in [5.41, 5.74) is 1.98. The maximum Gasteiger partial charge on any atom is 0.420 e. The summed E-state index contributed by atoms with van der Waals surface area (Å²) in [4.78, 5) is 28.3. The van der Waals surface area contributed by atoms with Gasteiger partial charge in [-0.2, -0.15) is 0 Å². The lowest BCUT2D eigenvalue weighted by Gasteiger charge is -2.10. The smallest absolute Gasteiger partial charge is 0.420 e. The molecular weight excluding hydrogens is 376 g/mol. The Labute approximate surface area is 165 Å². The van der Waals surface area contributed by atoms with Gasteiger partial charge in [-0.25, -0.2) is 9.59 Å². The van der Waals surface area contributed by atoms with Crippen LogP contribution in [-0.2, 0) is 11.3 Å². The van der Waals surface area contributed by atoms with E-state index in [1.807, 2.05) is 18.2 Å². The second-order valence-corrected chi connectivity index (χ2v) is 6.23. The predicted octanol–water partition coefficient (Wildman–Crippen LogP) is 3.02. The number of esters is 1. The lowest BCUT2D eigenvalue weighted by Crippen LogP contribution is -2.18. The number of methoxy groups -OCH3 is 2. The van der Waals surface area contributed by atoms with Crippen LogP contribution in [0.4, 0.5) is 0 Å². The summed E-state index contributed by atoms with van der Waals surface area (Å²) in [5.74, 6) is 0.353. The van der Waals surface area contributed by atoms with E-state index in [4.69, 9.17) is 18.6 Å². The van der Waals surface area contributed by atoms with Crippen molar-refractivity contribution in [1.29, 1.82) is 0 Å². The number of carbonyl (C=O) groups excluding carboxylic acids is 1. The molecule has 0 N–H and O–H groups in total. The summed E-state index contributed by atoms with van der Waals surface area (Å²) in [6, 6.07) is 12.0.